The van der Waals surface area contributed by atoms with Crippen LogP contribution in [0.25, 0.3) is 0 Å². The smallest absolute Gasteiger partial charge is 0.0537 e. The number of benzene rings is 1. The average molecular weight is 236 g/mol. The number of hydrogen-bond donors (Lipinski definition) is 1. The van der Waals surface area contributed by atoms with Crippen LogP contribution in [0.15, 0.2) is 29.2 Å². The minimum absolute atomic E-state index is 0.0932. The topological polar surface area (TPSA) is 20.2 Å². The summed E-state index contributed by atoms with van der Waals surface area (Å²) in [4.78, 5) is 1.46. The van der Waals surface area contributed by atoms with Gasteiger partial charge in [0.1, 0.15) is 0 Å². The molecule has 2 heteroatoms. The number of aliphatic hydroxyl groups is 1. The van der Waals surface area contributed by atoms with Crippen molar-refractivity contribution in [3.8, 4) is 0 Å². The van der Waals surface area contributed by atoms with Crippen LogP contribution in [-0.4, -0.2) is 17.0 Å². The summed E-state index contributed by atoms with van der Waals surface area (Å²) in [6.45, 7) is 2.05. The van der Waals surface area contributed by atoms with Gasteiger partial charge in [-0.2, -0.15) is 0 Å². The average Bonchev–Trinajstić information content (AvgIpc) is 2.73. The van der Waals surface area contributed by atoms with Crippen LogP contribution in [0.3, 0.4) is 0 Å². The first kappa shape index (κ1) is 12.0. The van der Waals surface area contributed by atoms with E-state index in [2.05, 4.69) is 24.3 Å². The maximum absolute atomic E-state index is 9.52. The monoisotopic (exact) mass is 236 g/mol. The Morgan fingerprint density at radius 1 is 1.44 bits per heavy atom. The van der Waals surface area contributed by atoms with E-state index in [1.807, 2.05) is 18.7 Å². The van der Waals surface area contributed by atoms with Crippen LogP contribution in [0.1, 0.15) is 44.1 Å². The number of hydrogen-bond acceptors (Lipinski definition) is 2. The lowest BCUT2D eigenvalue weighted by atomic mass is 9.94. The Labute approximate surface area is 102 Å². The van der Waals surface area contributed by atoms with Gasteiger partial charge >= 0.3 is 0 Å². The summed E-state index contributed by atoms with van der Waals surface area (Å²) in [5.74, 6) is 1.94. The molecule has 0 aliphatic carbocycles. The third-order valence-corrected chi connectivity index (χ3v) is 4.61. The van der Waals surface area contributed by atoms with Gasteiger partial charge in [-0.15, -0.1) is 11.8 Å². The molecule has 1 N–H and O–H groups in total. The molecule has 1 aliphatic heterocycles. The molecule has 2 rings (SSSR count). The van der Waals surface area contributed by atoms with E-state index in [1.54, 1.807) is 0 Å². The van der Waals surface area contributed by atoms with Gasteiger partial charge in [0, 0.05) is 10.6 Å². The highest BCUT2D eigenvalue weighted by molar-refractivity contribution is 7.99. The zero-order valence-electron chi connectivity index (χ0n) is 9.86. The Kier molecular flexibility index (Phi) is 4.30. The van der Waals surface area contributed by atoms with Gasteiger partial charge in [-0.3, -0.25) is 0 Å². The largest absolute Gasteiger partial charge is 0.393 e. The molecule has 88 valence electrons. The van der Waals surface area contributed by atoms with Crippen molar-refractivity contribution in [1.82, 2.24) is 0 Å². The molecule has 1 aromatic carbocycles. The van der Waals surface area contributed by atoms with Crippen LogP contribution in [0.2, 0.25) is 0 Å². The fourth-order valence-corrected chi connectivity index (χ4v) is 3.58. The zero-order valence-corrected chi connectivity index (χ0v) is 10.7. The van der Waals surface area contributed by atoms with Gasteiger partial charge in [0.05, 0.1) is 6.10 Å². The van der Waals surface area contributed by atoms with Crippen LogP contribution in [0, 0.1) is 0 Å². The zero-order chi connectivity index (χ0) is 11.4. The SMILES string of the molecule is CCC(O)CCCC1CSc2ccccc21. The van der Waals surface area contributed by atoms with Crippen molar-refractivity contribution < 1.29 is 5.11 Å². The molecule has 0 aromatic heterocycles. The van der Waals surface area contributed by atoms with E-state index in [1.165, 1.54) is 22.6 Å². The maximum atomic E-state index is 9.52. The van der Waals surface area contributed by atoms with Crippen LogP contribution >= 0.6 is 11.8 Å². The first-order valence-corrected chi connectivity index (χ1v) is 7.19. The van der Waals surface area contributed by atoms with Gasteiger partial charge in [-0.05, 0) is 36.8 Å². The molecule has 0 spiro atoms. The molecule has 0 bridgehead atoms. The molecule has 1 heterocycles. The Hall–Kier alpha value is -0.470. The summed E-state index contributed by atoms with van der Waals surface area (Å²) in [5.41, 5.74) is 1.53. The highest BCUT2D eigenvalue weighted by atomic mass is 32.2. The molecule has 0 saturated heterocycles. The third kappa shape index (κ3) is 2.80. The third-order valence-electron chi connectivity index (χ3n) is 3.36. The summed E-state index contributed by atoms with van der Waals surface area (Å²) < 4.78 is 0. The summed E-state index contributed by atoms with van der Waals surface area (Å²) in [5, 5.41) is 9.52. The quantitative estimate of drug-likeness (QED) is 0.838. The summed E-state index contributed by atoms with van der Waals surface area (Å²) in [6.07, 6.45) is 4.12. The Morgan fingerprint density at radius 3 is 3.06 bits per heavy atom. The van der Waals surface area contributed by atoms with E-state index in [9.17, 15) is 5.11 Å². The lowest BCUT2D eigenvalue weighted by Crippen LogP contribution is -2.05. The molecule has 16 heavy (non-hydrogen) atoms. The molecule has 0 fully saturated rings. The maximum Gasteiger partial charge on any atom is 0.0537 e. The van der Waals surface area contributed by atoms with E-state index in [0.717, 1.165) is 19.3 Å². The number of fused-ring (bicyclic) bond motifs is 1. The fraction of sp³-hybridized carbons (Fsp3) is 0.571. The highest BCUT2D eigenvalue weighted by Crippen LogP contribution is 2.41. The number of thioether (sulfide) groups is 1. The van der Waals surface area contributed by atoms with Crippen molar-refractivity contribution >= 4 is 11.8 Å². The van der Waals surface area contributed by atoms with Crippen LogP contribution in [0.5, 0.6) is 0 Å². The number of aliphatic hydroxyl groups excluding tert-OH is 1. The van der Waals surface area contributed by atoms with Gasteiger partial charge in [0.2, 0.25) is 0 Å². The van der Waals surface area contributed by atoms with Crippen molar-refractivity contribution in [2.75, 3.05) is 5.75 Å². The highest BCUT2D eigenvalue weighted by Gasteiger charge is 2.22. The summed E-state index contributed by atoms with van der Waals surface area (Å²) >= 11 is 1.98. The fourth-order valence-electron chi connectivity index (χ4n) is 2.27. The Bertz CT molecular complexity index is 337. The van der Waals surface area contributed by atoms with Crippen LogP contribution < -0.4 is 0 Å². The van der Waals surface area contributed by atoms with E-state index >= 15 is 0 Å². The molecule has 2 atom stereocenters. The van der Waals surface area contributed by atoms with E-state index in [0.29, 0.717) is 5.92 Å². The summed E-state index contributed by atoms with van der Waals surface area (Å²) in [7, 11) is 0. The predicted octanol–water partition coefficient (Wildman–Crippen LogP) is 3.82. The minimum atomic E-state index is -0.0932. The van der Waals surface area contributed by atoms with Gasteiger partial charge in [-0.25, -0.2) is 0 Å². The molecule has 0 amide bonds. The van der Waals surface area contributed by atoms with Crippen molar-refractivity contribution in [3.05, 3.63) is 29.8 Å². The minimum Gasteiger partial charge on any atom is -0.393 e. The van der Waals surface area contributed by atoms with E-state index in [4.69, 9.17) is 0 Å². The molecule has 0 saturated carbocycles. The van der Waals surface area contributed by atoms with Crippen molar-refractivity contribution in [3.63, 3.8) is 0 Å². The van der Waals surface area contributed by atoms with Crippen LogP contribution in [-0.2, 0) is 0 Å². The molecule has 0 radical (unpaired) electrons. The first-order chi connectivity index (χ1) is 7.81. The molecule has 1 aliphatic rings. The first-order valence-electron chi connectivity index (χ1n) is 6.21. The normalized spacial score (nSPS) is 20.8. The van der Waals surface area contributed by atoms with E-state index in [-0.39, 0.29) is 6.10 Å². The second kappa shape index (κ2) is 5.74. The van der Waals surface area contributed by atoms with Gasteiger partial charge in [0.15, 0.2) is 0 Å². The molecular formula is C14H20OS. The van der Waals surface area contributed by atoms with Gasteiger partial charge in [0.25, 0.3) is 0 Å². The van der Waals surface area contributed by atoms with Crippen molar-refractivity contribution in [2.45, 2.75) is 49.5 Å². The second-order valence-corrected chi connectivity index (χ2v) is 5.60. The predicted molar refractivity (Wildman–Crippen MR) is 70.1 cm³/mol. The lowest BCUT2D eigenvalue weighted by Gasteiger charge is -2.12. The molecular weight excluding hydrogens is 216 g/mol. The molecule has 2 unspecified atom stereocenters. The Balaban J connectivity index is 1.84. The molecule has 1 aromatic rings. The standard InChI is InChI=1S/C14H20OS/c1-2-12(15)7-5-6-11-10-16-14-9-4-3-8-13(11)14/h3-4,8-9,11-12,15H,2,5-7,10H2,1H3. The van der Waals surface area contributed by atoms with Crippen LogP contribution in [0.4, 0.5) is 0 Å². The number of rotatable bonds is 5. The van der Waals surface area contributed by atoms with Gasteiger partial charge < -0.3 is 5.11 Å². The second-order valence-electron chi connectivity index (χ2n) is 4.54. The summed E-state index contributed by atoms with van der Waals surface area (Å²) in [6, 6.07) is 8.74. The lowest BCUT2D eigenvalue weighted by molar-refractivity contribution is 0.156. The molecule has 1 nitrogen and oxygen atoms in total. The van der Waals surface area contributed by atoms with Crippen molar-refractivity contribution in [1.29, 1.82) is 0 Å². The van der Waals surface area contributed by atoms with E-state index < -0.39 is 0 Å². The van der Waals surface area contributed by atoms with Gasteiger partial charge in [-0.1, -0.05) is 31.5 Å². The Morgan fingerprint density at radius 2 is 2.25 bits per heavy atom. The van der Waals surface area contributed by atoms with Crippen molar-refractivity contribution in [2.24, 2.45) is 0 Å².